The van der Waals surface area contributed by atoms with Gasteiger partial charge in [0.2, 0.25) is 5.91 Å². The van der Waals surface area contributed by atoms with Gasteiger partial charge < -0.3 is 10.1 Å². The summed E-state index contributed by atoms with van der Waals surface area (Å²) in [5.41, 5.74) is 4.90. The lowest BCUT2D eigenvalue weighted by Crippen LogP contribution is -2.31. The second-order valence-electron chi connectivity index (χ2n) is 9.93. The summed E-state index contributed by atoms with van der Waals surface area (Å²) >= 11 is 4.71. The van der Waals surface area contributed by atoms with Crippen LogP contribution in [0.3, 0.4) is 0 Å². The van der Waals surface area contributed by atoms with E-state index in [0.29, 0.717) is 11.8 Å². The van der Waals surface area contributed by atoms with Crippen LogP contribution in [0.25, 0.3) is 15.9 Å². The first-order chi connectivity index (χ1) is 18.4. The Balaban J connectivity index is 1.35. The molecule has 1 aliphatic rings. The highest BCUT2D eigenvalue weighted by atomic mass is 32.2. The Hall–Kier alpha value is -2.92. The predicted molar refractivity (Wildman–Crippen MR) is 155 cm³/mol. The highest BCUT2D eigenvalue weighted by molar-refractivity contribution is 8.00. The van der Waals surface area contributed by atoms with Crippen molar-refractivity contribution in [2.45, 2.75) is 55.5 Å². The van der Waals surface area contributed by atoms with Gasteiger partial charge in [0.15, 0.2) is 16.0 Å². The molecular formula is C28H27N5O2S3. The Morgan fingerprint density at radius 1 is 1.11 bits per heavy atom. The number of hydrogen-bond acceptors (Lipinski definition) is 8. The third-order valence-corrected chi connectivity index (χ3v) is 9.40. The number of thiophene rings is 1. The number of anilines is 1. The van der Waals surface area contributed by atoms with E-state index in [1.165, 1.54) is 27.8 Å². The highest BCUT2D eigenvalue weighted by Crippen LogP contribution is 2.41. The normalized spacial score (nSPS) is 14.6. The number of nitrogens with one attached hydrogen (secondary N) is 1. The molecule has 0 atom stereocenters. The molecule has 5 aromatic rings. The summed E-state index contributed by atoms with van der Waals surface area (Å²) in [6.07, 6.45) is 0.796. The van der Waals surface area contributed by atoms with Gasteiger partial charge in [-0.05, 0) is 49.6 Å². The van der Waals surface area contributed by atoms with Crippen molar-refractivity contribution in [2.75, 3.05) is 11.1 Å². The monoisotopic (exact) mass is 561 g/mol. The molecule has 0 radical (unpaired) electrons. The van der Waals surface area contributed by atoms with Crippen LogP contribution >= 0.6 is 34.9 Å². The Morgan fingerprint density at radius 2 is 1.95 bits per heavy atom. The quantitative estimate of drug-likeness (QED) is 0.179. The van der Waals surface area contributed by atoms with Gasteiger partial charge in [0, 0.05) is 22.7 Å². The minimum atomic E-state index is -0.246. The molecule has 0 saturated heterocycles. The molecule has 0 fully saturated rings. The highest BCUT2D eigenvalue weighted by Gasteiger charge is 2.31. The first-order valence-corrected chi connectivity index (χ1v) is 15.1. The van der Waals surface area contributed by atoms with Crippen LogP contribution in [0.5, 0.6) is 0 Å². The lowest BCUT2D eigenvalue weighted by Gasteiger charge is -2.30. The Morgan fingerprint density at radius 3 is 2.76 bits per heavy atom. The minimum absolute atomic E-state index is 0.0864. The molecule has 0 spiro atoms. The Labute approximate surface area is 233 Å². The van der Waals surface area contributed by atoms with E-state index in [2.05, 4.69) is 41.5 Å². The first kappa shape index (κ1) is 25.4. The third kappa shape index (κ3) is 5.18. The van der Waals surface area contributed by atoms with E-state index in [1.807, 2.05) is 53.8 Å². The minimum Gasteiger partial charge on any atom is -0.370 e. The molecular weight excluding hydrogens is 535 g/mol. The zero-order chi connectivity index (χ0) is 26.3. The topological polar surface area (TPSA) is 81.4 Å². The number of aryl methyl sites for hydroxylation is 1. The van der Waals surface area contributed by atoms with E-state index in [0.717, 1.165) is 44.4 Å². The predicted octanol–water partition coefficient (Wildman–Crippen LogP) is 6.52. The maximum Gasteiger partial charge on any atom is 0.234 e. The Kier molecular flexibility index (Phi) is 6.90. The number of carbonyl (C=O) groups excluding carboxylic acids is 1. The van der Waals surface area contributed by atoms with Crippen LogP contribution in [0.15, 0.2) is 64.9 Å². The SMILES string of the molecule is Cc1cccc(NC(=O)CSc2nnc3c4c5c(sc4nc(SCc4ccccc4)n23)COC(C)(C)C5)c1. The van der Waals surface area contributed by atoms with Crippen molar-refractivity contribution in [3.63, 3.8) is 0 Å². The molecule has 194 valence electrons. The van der Waals surface area contributed by atoms with Gasteiger partial charge in [0.25, 0.3) is 0 Å². The molecule has 38 heavy (non-hydrogen) atoms. The smallest absolute Gasteiger partial charge is 0.234 e. The molecule has 6 rings (SSSR count). The fraction of sp³-hybridized carbons (Fsp3) is 0.286. The van der Waals surface area contributed by atoms with Crippen LogP contribution in [0, 0.1) is 6.92 Å². The van der Waals surface area contributed by atoms with Gasteiger partial charge in [0.05, 0.1) is 23.3 Å². The number of carbonyl (C=O) groups is 1. The van der Waals surface area contributed by atoms with Crippen LogP contribution in [-0.4, -0.2) is 36.8 Å². The number of aromatic nitrogens is 4. The summed E-state index contributed by atoms with van der Waals surface area (Å²) in [5, 5.41) is 14.7. The fourth-order valence-electron chi connectivity index (χ4n) is 4.55. The van der Waals surface area contributed by atoms with E-state index < -0.39 is 0 Å². The molecule has 2 aromatic carbocycles. The van der Waals surface area contributed by atoms with Crippen molar-refractivity contribution >= 4 is 62.3 Å². The molecule has 1 aliphatic heterocycles. The third-order valence-electron chi connectivity index (χ3n) is 6.36. The number of hydrogen-bond donors (Lipinski definition) is 1. The van der Waals surface area contributed by atoms with Crippen LogP contribution in [0.1, 0.15) is 35.4 Å². The van der Waals surface area contributed by atoms with Gasteiger partial charge in [0.1, 0.15) is 4.83 Å². The van der Waals surface area contributed by atoms with Gasteiger partial charge >= 0.3 is 0 Å². The molecule has 1 amide bonds. The summed E-state index contributed by atoms with van der Waals surface area (Å²) in [4.78, 5) is 20.0. The molecule has 3 aromatic heterocycles. The molecule has 7 nitrogen and oxygen atoms in total. The number of nitrogens with zero attached hydrogens (tertiary/aromatic N) is 4. The average Bonchev–Trinajstić information content (AvgIpc) is 3.47. The fourth-order valence-corrected chi connectivity index (χ4v) is 7.44. The summed E-state index contributed by atoms with van der Waals surface area (Å²) < 4.78 is 8.11. The molecule has 0 saturated carbocycles. The van der Waals surface area contributed by atoms with Crippen molar-refractivity contribution in [1.82, 2.24) is 19.6 Å². The van der Waals surface area contributed by atoms with Crippen molar-refractivity contribution in [1.29, 1.82) is 0 Å². The van der Waals surface area contributed by atoms with Gasteiger partial charge in [-0.25, -0.2) is 9.38 Å². The van der Waals surface area contributed by atoms with E-state index >= 15 is 0 Å². The summed E-state index contributed by atoms with van der Waals surface area (Å²) in [6.45, 7) is 6.82. The second kappa shape index (κ2) is 10.3. The van der Waals surface area contributed by atoms with Crippen molar-refractivity contribution in [2.24, 2.45) is 0 Å². The molecule has 1 N–H and O–H groups in total. The standard InChI is InChI=1S/C28H27N5O2S3/c1-17-8-7-11-19(12-17)29-22(34)16-37-27-32-31-24-23-20-13-28(2,3)35-14-21(20)38-25(23)30-26(33(24)27)36-15-18-9-5-4-6-10-18/h4-12H,13-16H2,1-3H3,(H,29,34). The van der Waals surface area contributed by atoms with Crippen molar-refractivity contribution < 1.29 is 9.53 Å². The molecule has 0 bridgehead atoms. The van der Waals surface area contributed by atoms with Crippen LogP contribution in [0.4, 0.5) is 5.69 Å². The molecule has 0 aliphatic carbocycles. The van der Waals surface area contributed by atoms with E-state index in [1.54, 1.807) is 23.1 Å². The van der Waals surface area contributed by atoms with Gasteiger partial charge in [-0.2, -0.15) is 0 Å². The van der Waals surface area contributed by atoms with Crippen LogP contribution < -0.4 is 5.32 Å². The number of fused-ring (bicyclic) bond motifs is 5. The number of benzene rings is 2. The van der Waals surface area contributed by atoms with Gasteiger partial charge in [-0.15, -0.1) is 21.5 Å². The summed E-state index contributed by atoms with van der Waals surface area (Å²) in [5.74, 6) is 0.904. The van der Waals surface area contributed by atoms with Crippen LogP contribution in [-0.2, 0) is 28.3 Å². The number of ether oxygens (including phenoxy) is 1. The Bertz CT molecular complexity index is 1650. The summed E-state index contributed by atoms with van der Waals surface area (Å²) in [7, 11) is 0. The van der Waals surface area contributed by atoms with Gasteiger partial charge in [-0.1, -0.05) is 66.0 Å². The van der Waals surface area contributed by atoms with E-state index in [-0.39, 0.29) is 17.3 Å². The van der Waals surface area contributed by atoms with Crippen LogP contribution in [0.2, 0.25) is 0 Å². The zero-order valence-corrected chi connectivity index (χ0v) is 23.8. The molecule has 10 heteroatoms. The molecule has 0 unspecified atom stereocenters. The first-order valence-electron chi connectivity index (χ1n) is 12.4. The number of rotatable bonds is 7. The van der Waals surface area contributed by atoms with E-state index in [9.17, 15) is 4.79 Å². The number of thioether (sulfide) groups is 2. The molecule has 4 heterocycles. The van der Waals surface area contributed by atoms with E-state index in [4.69, 9.17) is 9.72 Å². The summed E-state index contributed by atoms with van der Waals surface area (Å²) in [6, 6.07) is 18.1. The van der Waals surface area contributed by atoms with Crippen molar-refractivity contribution in [3.05, 3.63) is 76.2 Å². The lowest BCUT2D eigenvalue weighted by molar-refractivity contribution is -0.113. The maximum atomic E-state index is 12.8. The maximum absolute atomic E-state index is 12.8. The van der Waals surface area contributed by atoms with Gasteiger partial charge in [-0.3, -0.25) is 4.79 Å². The number of amides is 1. The zero-order valence-electron chi connectivity index (χ0n) is 21.4. The lowest BCUT2D eigenvalue weighted by atomic mass is 9.94. The van der Waals surface area contributed by atoms with Crippen molar-refractivity contribution in [3.8, 4) is 0 Å². The largest absolute Gasteiger partial charge is 0.370 e. The second-order valence-corrected chi connectivity index (χ2v) is 12.9. The average molecular weight is 562 g/mol.